The highest BCUT2D eigenvalue weighted by atomic mass is 16.5. The molecule has 1 rings (SSSR count). The molecule has 1 N–H and O–H groups in total. The van der Waals surface area contributed by atoms with Crippen LogP contribution in [0.25, 0.3) is 0 Å². The van der Waals surface area contributed by atoms with E-state index in [1.54, 1.807) is 0 Å². The number of carbonyl (C=O) groups is 1. The zero-order valence-corrected chi connectivity index (χ0v) is 19.8. The Morgan fingerprint density at radius 1 is 0.862 bits per heavy atom. The summed E-state index contributed by atoms with van der Waals surface area (Å²) in [5.74, 6) is 0. The van der Waals surface area contributed by atoms with Crippen LogP contribution in [0.4, 0.5) is 0 Å². The SMILES string of the molecule is CCCCCCCCCCCCCCCCCC1NCCN1C(C)OC(C)C=O. The summed E-state index contributed by atoms with van der Waals surface area (Å²) in [5, 5.41) is 3.59. The van der Waals surface area contributed by atoms with Gasteiger partial charge in [-0.2, -0.15) is 0 Å². The molecule has 1 aliphatic heterocycles. The van der Waals surface area contributed by atoms with Crippen LogP contribution >= 0.6 is 0 Å². The lowest BCUT2D eigenvalue weighted by molar-refractivity contribution is -0.131. The fourth-order valence-electron chi connectivity index (χ4n) is 4.47. The van der Waals surface area contributed by atoms with Crippen molar-refractivity contribution in [2.24, 2.45) is 0 Å². The molecular formula is C25H50N2O2. The molecule has 0 radical (unpaired) electrons. The lowest BCUT2D eigenvalue weighted by atomic mass is 10.0. The van der Waals surface area contributed by atoms with Gasteiger partial charge in [-0.1, -0.05) is 103 Å². The second-order valence-corrected chi connectivity index (χ2v) is 9.02. The third kappa shape index (κ3) is 13.5. The van der Waals surface area contributed by atoms with E-state index in [4.69, 9.17) is 4.74 Å². The molecule has 0 aromatic carbocycles. The van der Waals surface area contributed by atoms with Gasteiger partial charge in [0.25, 0.3) is 0 Å². The van der Waals surface area contributed by atoms with Gasteiger partial charge in [-0.25, -0.2) is 0 Å². The average Bonchev–Trinajstić information content (AvgIpc) is 3.19. The molecule has 29 heavy (non-hydrogen) atoms. The Bertz CT molecular complexity index is 378. The normalized spacial score (nSPS) is 19.5. The number of carbonyl (C=O) groups excluding carboxylic acids is 1. The topological polar surface area (TPSA) is 41.6 Å². The minimum atomic E-state index is -0.322. The summed E-state index contributed by atoms with van der Waals surface area (Å²) in [4.78, 5) is 13.2. The Labute approximate surface area is 181 Å². The number of nitrogens with one attached hydrogen (secondary N) is 1. The highest BCUT2D eigenvalue weighted by Crippen LogP contribution is 2.18. The van der Waals surface area contributed by atoms with Crippen molar-refractivity contribution in [1.29, 1.82) is 0 Å². The van der Waals surface area contributed by atoms with E-state index in [9.17, 15) is 4.79 Å². The molecule has 1 aliphatic rings. The van der Waals surface area contributed by atoms with E-state index in [1.165, 1.54) is 103 Å². The Morgan fingerprint density at radius 2 is 1.34 bits per heavy atom. The van der Waals surface area contributed by atoms with Gasteiger partial charge < -0.3 is 14.8 Å². The van der Waals surface area contributed by atoms with E-state index in [1.807, 2.05) is 6.92 Å². The summed E-state index contributed by atoms with van der Waals surface area (Å²) >= 11 is 0. The molecule has 4 heteroatoms. The maximum Gasteiger partial charge on any atom is 0.148 e. The maximum absolute atomic E-state index is 10.8. The number of unbranched alkanes of at least 4 members (excludes halogenated alkanes) is 14. The summed E-state index contributed by atoms with van der Waals surface area (Å²) in [6, 6.07) is 0. The van der Waals surface area contributed by atoms with Crippen LogP contribution in [0.5, 0.6) is 0 Å². The van der Waals surface area contributed by atoms with E-state index >= 15 is 0 Å². The molecule has 0 spiro atoms. The van der Waals surface area contributed by atoms with Crippen LogP contribution in [-0.2, 0) is 9.53 Å². The molecule has 1 fully saturated rings. The van der Waals surface area contributed by atoms with E-state index < -0.39 is 0 Å². The number of hydrogen-bond donors (Lipinski definition) is 1. The number of nitrogens with zero attached hydrogens (tertiary/aromatic N) is 1. The van der Waals surface area contributed by atoms with Gasteiger partial charge in [0.05, 0.1) is 6.17 Å². The number of ether oxygens (including phenoxy) is 1. The van der Waals surface area contributed by atoms with Gasteiger partial charge in [0, 0.05) is 13.1 Å². The van der Waals surface area contributed by atoms with Gasteiger partial charge in [-0.3, -0.25) is 4.90 Å². The molecule has 4 nitrogen and oxygen atoms in total. The minimum Gasteiger partial charge on any atom is -0.353 e. The number of rotatable bonds is 20. The van der Waals surface area contributed by atoms with Gasteiger partial charge in [0.1, 0.15) is 18.6 Å². The quantitative estimate of drug-likeness (QED) is 0.185. The van der Waals surface area contributed by atoms with Crippen molar-refractivity contribution in [2.45, 2.75) is 142 Å². The molecule has 0 aliphatic carbocycles. The first-order chi connectivity index (χ1) is 14.2. The molecule has 3 unspecified atom stereocenters. The molecule has 1 heterocycles. The Hall–Kier alpha value is -0.450. The van der Waals surface area contributed by atoms with Crippen molar-refractivity contribution in [3.8, 4) is 0 Å². The number of aldehydes is 1. The zero-order chi connectivity index (χ0) is 21.2. The van der Waals surface area contributed by atoms with Crippen LogP contribution in [0.1, 0.15) is 124 Å². The molecule has 0 aromatic rings. The zero-order valence-electron chi connectivity index (χ0n) is 19.8. The summed E-state index contributed by atoms with van der Waals surface area (Å²) < 4.78 is 5.76. The molecule has 0 bridgehead atoms. The highest BCUT2D eigenvalue weighted by molar-refractivity contribution is 5.55. The average molecular weight is 411 g/mol. The molecule has 3 atom stereocenters. The first-order valence-electron chi connectivity index (χ1n) is 12.8. The second kappa shape index (κ2) is 18.3. The largest absolute Gasteiger partial charge is 0.353 e. The smallest absolute Gasteiger partial charge is 0.148 e. The third-order valence-corrected chi connectivity index (χ3v) is 6.30. The predicted molar refractivity (Wildman–Crippen MR) is 124 cm³/mol. The van der Waals surface area contributed by atoms with Gasteiger partial charge in [0.15, 0.2) is 0 Å². The lowest BCUT2D eigenvalue weighted by Gasteiger charge is -2.31. The van der Waals surface area contributed by atoms with Crippen molar-refractivity contribution in [3.05, 3.63) is 0 Å². The van der Waals surface area contributed by atoms with Crippen molar-refractivity contribution in [2.75, 3.05) is 13.1 Å². The Kier molecular flexibility index (Phi) is 16.8. The van der Waals surface area contributed by atoms with E-state index in [0.29, 0.717) is 6.17 Å². The summed E-state index contributed by atoms with van der Waals surface area (Å²) in [7, 11) is 0. The molecule has 1 saturated heterocycles. The maximum atomic E-state index is 10.8. The lowest BCUT2D eigenvalue weighted by Crippen LogP contribution is -2.43. The molecule has 172 valence electrons. The standard InChI is InChI=1S/C25H50N2O2/c1-4-5-6-7-8-9-10-11-12-13-14-15-16-17-18-19-25-26-20-21-27(25)24(3)29-23(2)22-28/h22-26H,4-21H2,1-3H3. The molecular weight excluding hydrogens is 360 g/mol. The van der Waals surface area contributed by atoms with E-state index in [-0.39, 0.29) is 12.3 Å². The third-order valence-electron chi connectivity index (χ3n) is 6.30. The first-order valence-corrected chi connectivity index (χ1v) is 12.8. The fraction of sp³-hybridized carbons (Fsp3) is 0.960. The van der Waals surface area contributed by atoms with Crippen LogP contribution in [0.15, 0.2) is 0 Å². The van der Waals surface area contributed by atoms with E-state index in [2.05, 4.69) is 24.1 Å². The minimum absolute atomic E-state index is 0.00606. The second-order valence-electron chi connectivity index (χ2n) is 9.02. The van der Waals surface area contributed by atoms with Gasteiger partial charge in [-0.15, -0.1) is 0 Å². The molecule has 0 saturated carbocycles. The van der Waals surface area contributed by atoms with Crippen LogP contribution in [-0.4, -0.2) is 42.8 Å². The van der Waals surface area contributed by atoms with Crippen LogP contribution < -0.4 is 5.32 Å². The Morgan fingerprint density at radius 3 is 1.83 bits per heavy atom. The van der Waals surface area contributed by atoms with E-state index in [0.717, 1.165) is 19.4 Å². The first kappa shape index (κ1) is 26.6. The monoisotopic (exact) mass is 410 g/mol. The highest BCUT2D eigenvalue weighted by Gasteiger charge is 2.28. The summed E-state index contributed by atoms with van der Waals surface area (Å²) in [6.45, 7) is 8.20. The predicted octanol–water partition coefficient (Wildman–Crippen LogP) is 6.43. The van der Waals surface area contributed by atoms with Crippen molar-refractivity contribution in [1.82, 2.24) is 10.2 Å². The number of hydrogen-bond acceptors (Lipinski definition) is 4. The van der Waals surface area contributed by atoms with Crippen LogP contribution in [0, 0.1) is 0 Å². The molecule has 0 amide bonds. The van der Waals surface area contributed by atoms with Gasteiger partial charge in [0.2, 0.25) is 0 Å². The van der Waals surface area contributed by atoms with Crippen molar-refractivity contribution >= 4 is 6.29 Å². The summed E-state index contributed by atoms with van der Waals surface area (Å²) in [5.41, 5.74) is 0. The van der Waals surface area contributed by atoms with Crippen molar-refractivity contribution in [3.63, 3.8) is 0 Å². The Balaban J connectivity index is 1.89. The van der Waals surface area contributed by atoms with Crippen LogP contribution in [0.3, 0.4) is 0 Å². The van der Waals surface area contributed by atoms with Crippen molar-refractivity contribution < 1.29 is 9.53 Å². The molecule has 0 aromatic heterocycles. The van der Waals surface area contributed by atoms with Gasteiger partial charge in [-0.05, 0) is 20.3 Å². The fourth-order valence-corrected chi connectivity index (χ4v) is 4.47. The van der Waals surface area contributed by atoms with Gasteiger partial charge >= 0.3 is 0 Å². The summed E-state index contributed by atoms with van der Waals surface area (Å²) in [6.07, 6.45) is 23.3. The van der Waals surface area contributed by atoms with Crippen LogP contribution in [0.2, 0.25) is 0 Å².